The van der Waals surface area contributed by atoms with E-state index in [0.717, 1.165) is 29.7 Å². The van der Waals surface area contributed by atoms with Crippen molar-refractivity contribution in [1.82, 2.24) is 0 Å². The zero-order valence-corrected chi connectivity index (χ0v) is 16.5. The summed E-state index contributed by atoms with van der Waals surface area (Å²) >= 11 is 0. The maximum absolute atomic E-state index is 12.8. The molecule has 0 aromatic heterocycles. The molecule has 0 spiro atoms. The van der Waals surface area contributed by atoms with Crippen molar-refractivity contribution in [3.63, 3.8) is 0 Å². The number of nitrogens with two attached hydrogens (primary N) is 1. The molecule has 0 saturated heterocycles. The number of anilines is 1. The second kappa shape index (κ2) is 9.70. The van der Waals surface area contributed by atoms with Crippen molar-refractivity contribution in [3.8, 4) is 0 Å². The van der Waals surface area contributed by atoms with Crippen molar-refractivity contribution in [2.45, 2.75) is 45.8 Å². The Balaban J connectivity index is 0.00000243. The highest BCUT2D eigenvalue weighted by Gasteiger charge is 2.49. The highest BCUT2D eigenvalue weighted by Crippen LogP contribution is 2.48. The topological polar surface area (TPSA) is 73.6 Å². The third-order valence-electron chi connectivity index (χ3n) is 5.82. The zero-order chi connectivity index (χ0) is 17.8. The van der Waals surface area contributed by atoms with E-state index in [2.05, 4.69) is 5.32 Å². The van der Waals surface area contributed by atoms with Gasteiger partial charge in [0.25, 0.3) is 0 Å². The number of rotatable bonds is 8. The molecule has 3 N–H and O–H groups in total. The van der Waals surface area contributed by atoms with E-state index in [-0.39, 0.29) is 30.3 Å². The van der Waals surface area contributed by atoms with Crippen molar-refractivity contribution in [3.05, 3.63) is 29.3 Å². The summed E-state index contributed by atoms with van der Waals surface area (Å²) < 4.78 is 10.9. The fourth-order valence-corrected chi connectivity index (χ4v) is 4.36. The average molecular weight is 383 g/mol. The Morgan fingerprint density at radius 2 is 1.96 bits per heavy atom. The standard InChI is InChI=1S/C20H30N2O3.ClH/c1-3-24-9-10-25-12-16-5-4-6-17(13(16)2)22-20(23)18-14-7-8-15(11-14)19(18)21;/h4-6,14-15,18-19H,3,7-12,21H2,1-2H3,(H,22,23);1H. The SMILES string of the molecule is CCOCCOCc1cccc(NC(=O)C2C3CCC(C3)C2N)c1C.Cl. The molecule has 2 bridgehead atoms. The lowest BCUT2D eigenvalue weighted by atomic mass is 9.84. The number of hydrogen-bond acceptors (Lipinski definition) is 4. The first-order valence-electron chi connectivity index (χ1n) is 9.42. The minimum atomic E-state index is -0.0377. The Hall–Kier alpha value is -1.14. The van der Waals surface area contributed by atoms with Gasteiger partial charge in [0.2, 0.25) is 5.91 Å². The minimum absolute atomic E-state index is 0. The lowest BCUT2D eigenvalue weighted by molar-refractivity contribution is -0.121. The van der Waals surface area contributed by atoms with Gasteiger partial charge >= 0.3 is 0 Å². The van der Waals surface area contributed by atoms with Crippen molar-refractivity contribution < 1.29 is 14.3 Å². The number of hydrogen-bond donors (Lipinski definition) is 2. The third-order valence-corrected chi connectivity index (χ3v) is 5.82. The maximum atomic E-state index is 12.8. The van der Waals surface area contributed by atoms with E-state index in [1.54, 1.807) is 0 Å². The summed E-state index contributed by atoms with van der Waals surface area (Å²) in [5.74, 6) is 1.04. The molecule has 1 aromatic rings. The number of benzene rings is 1. The van der Waals surface area contributed by atoms with E-state index < -0.39 is 0 Å². The molecule has 4 atom stereocenters. The van der Waals surface area contributed by atoms with E-state index >= 15 is 0 Å². The lowest BCUT2D eigenvalue weighted by Crippen LogP contribution is -2.42. The molecule has 2 aliphatic rings. The summed E-state index contributed by atoms with van der Waals surface area (Å²) in [5.41, 5.74) is 9.31. The largest absolute Gasteiger partial charge is 0.379 e. The van der Waals surface area contributed by atoms with Crippen LogP contribution >= 0.6 is 12.4 Å². The molecule has 1 aromatic carbocycles. The van der Waals surface area contributed by atoms with Gasteiger partial charge in [0.1, 0.15) is 0 Å². The van der Waals surface area contributed by atoms with Crippen molar-refractivity contribution >= 4 is 24.0 Å². The number of ether oxygens (including phenoxy) is 2. The van der Waals surface area contributed by atoms with Gasteiger partial charge in [0.05, 0.1) is 25.7 Å². The predicted molar refractivity (Wildman–Crippen MR) is 106 cm³/mol. The monoisotopic (exact) mass is 382 g/mol. The van der Waals surface area contributed by atoms with Gasteiger partial charge in [-0.25, -0.2) is 0 Å². The molecule has 2 fully saturated rings. The van der Waals surface area contributed by atoms with E-state index in [1.807, 2.05) is 32.0 Å². The molecular formula is C20H31ClN2O3. The highest BCUT2D eigenvalue weighted by atomic mass is 35.5. The molecule has 2 aliphatic carbocycles. The molecule has 26 heavy (non-hydrogen) atoms. The molecule has 5 nitrogen and oxygen atoms in total. The predicted octanol–water partition coefficient (Wildman–Crippen LogP) is 3.28. The van der Waals surface area contributed by atoms with Gasteiger partial charge in [-0.2, -0.15) is 0 Å². The molecule has 4 unspecified atom stereocenters. The Kier molecular flexibility index (Phi) is 7.89. The molecule has 2 saturated carbocycles. The van der Waals surface area contributed by atoms with E-state index in [9.17, 15) is 4.79 Å². The normalized spacial score (nSPS) is 26.6. The molecule has 0 heterocycles. The molecule has 0 aliphatic heterocycles. The molecule has 0 radical (unpaired) electrons. The molecule has 146 valence electrons. The first-order valence-corrected chi connectivity index (χ1v) is 9.42. The summed E-state index contributed by atoms with van der Waals surface area (Å²) in [7, 11) is 0. The Labute approximate surface area is 162 Å². The first kappa shape index (κ1) is 21.2. The van der Waals surface area contributed by atoms with Crippen LogP contribution in [0.25, 0.3) is 0 Å². The Morgan fingerprint density at radius 3 is 2.65 bits per heavy atom. The number of amides is 1. The van der Waals surface area contributed by atoms with Crippen LogP contribution in [0.3, 0.4) is 0 Å². The van der Waals surface area contributed by atoms with Gasteiger partial charge in [-0.05, 0) is 62.1 Å². The summed E-state index contributed by atoms with van der Waals surface area (Å²) in [4.78, 5) is 12.8. The highest BCUT2D eigenvalue weighted by molar-refractivity contribution is 5.94. The van der Waals surface area contributed by atoms with Crippen molar-refractivity contribution in [1.29, 1.82) is 0 Å². The van der Waals surface area contributed by atoms with Gasteiger partial charge in [-0.15, -0.1) is 12.4 Å². The molecule has 1 amide bonds. The van der Waals surface area contributed by atoms with Crippen LogP contribution in [0.2, 0.25) is 0 Å². The van der Waals surface area contributed by atoms with Crippen LogP contribution in [0.1, 0.15) is 37.3 Å². The van der Waals surface area contributed by atoms with E-state index in [1.165, 1.54) is 6.42 Å². The smallest absolute Gasteiger partial charge is 0.229 e. The number of carbonyl (C=O) groups excluding carboxylic acids is 1. The van der Waals surface area contributed by atoms with Crippen LogP contribution in [0.4, 0.5) is 5.69 Å². The number of nitrogens with one attached hydrogen (secondary N) is 1. The van der Waals surface area contributed by atoms with Crippen LogP contribution in [-0.4, -0.2) is 31.8 Å². The molecule has 6 heteroatoms. The molecular weight excluding hydrogens is 352 g/mol. The average Bonchev–Trinajstić information content (AvgIpc) is 3.18. The number of fused-ring (bicyclic) bond motifs is 2. The number of carbonyl (C=O) groups is 1. The van der Waals surface area contributed by atoms with Crippen molar-refractivity contribution in [2.24, 2.45) is 23.5 Å². The lowest BCUT2D eigenvalue weighted by Gasteiger charge is -2.27. The van der Waals surface area contributed by atoms with Gasteiger partial charge in [-0.1, -0.05) is 12.1 Å². The van der Waals surface area contributed by atoms with Gasteiger partial charge in [0.15, 0.2) is 0 Å². The van der Waals surface area contributed by atoms with Gasteiger partial charge < -0.3 is 20.5 Å². The Morgan fingerprint density at radius 1 is 1.23 bits per heavy atom. The van der Waals surface area contributed by atoms with Crippen LogP contribution in [0, 0.1) is 24.7 Å². The quantitative estimate of drug-likeness (QED) is 0.676. The van der Waals surface area contributed by atoms with Crippen LogP contribution < -0.4 is 11.1 Å². The second-order valence-electron chi connectivity index (χ2n) is 7.26. The van der Waals surface area contributed by atoms with E-state index in [4.69, 9.17) is 15.2 Å². The van der Waals surface area contributed by atoms with Crippen molar-refractivity contribution in [2.75, 3.05) is 25.1 Å². The number of halogens is 1. The fraction of sp³-hybridized carbons (Fsp3) is 0.650. The Bertz CT molecular complexity index is 609. The summed E-state index contributed by atoms with van der Waals surface area (Å²) in [6.45, 7) is 6.40. The fourth-order valence-electron chi connectivity index (χ4n) is 4.36. The van der Waals surface area contributed by atoms with Gasteiger partial charge in [-0.3, -0.25) is 4.79 Å². The zero-order valence-electron chi connectivity index (χ0n) is 15.7. The minimum Gasteiger partial charge on any atom is -0.379 e. The first-order chi connectivity index (χ1) is 12.1. The van der Waals surface area contributed by atoms with Gasteiger partial charge in [0, 0.05) is 18.3 Å². The summed E-state index contributed by atoms with van der Waals surface area (Å²) in [6.07, 6.45) is 3.44. The third kappa shape index (κ3) is 4.58. The van der Waals surface area contributed by atoms with Crippen LogP contribution in [0.5, 0.6) is 0 Å². The second-order valence-corrected chi connectivity index (χ2v) is 7.26. The maximum Gasteiger partial charge on any atom is 0.229 e. The van der Waals surface area contributed by atoms with Crippen LogP contribution in [-0.2, 0) is 20.9 Å². The summed E-state index contributed by atoms with van der Waals surface area (Å²) in [6, 6.07) is 5.97. The summed E-state index contributed by atoms with van der Waals surface area (Å²) in [5, 5.41) is 3.12. The molecule has 3 rings (SSSR count). The van der Waals surface area contributed by atoms with Crippen LogP contribution in [0.15, 0.2) is 18.2 Å². The van der Waals surface area contributed by atoms with E-state index in [0.29, 0.717) is 38.3 Å².